The molecule has 0 atom stereocenters. The molecule has 1 rings (SSSR count). The number of pyridine rings is 1. The first-order valence-corrected chi connectivity index (χ1v) is 8.75. The fourth-order valence-electron chi connectivity index (χ4n) is 2.17. The number of hydrogen-bond acceptors (Lipinski definition) is 6. The van der Waals surface area contributed by atoms with Crippen molar-refractivity contribution < 1.29 is 23.1 Å². The highest BCUT2D eigenvalue weighted by Crippen LogP contribution is 2.13. The Morgan fingerprint density at radius 1 is 1.30 bits per heavy atom. The third-order valence-corrected chi connectivity index (χ3v) is 3.64. The molecule has 0 aliphatic rings. The zero-order valence-electron chi connectivity index (χ0n) is 16.3. The molecule has 0 radical (unpaired) electrons. The Kier molecular flexibility index (Phi) is 9.23. The van der Waals surface area contributed by atoms with Gasteiger partial charge in [0.05, 0.1) is 17.8 Å². The number of rotatable bonds is 11. The molecule has 1 aromatic rings. The summed E-state index contributed by atoms with van der Waals surface area (Å²) >= 11 is 0. The zero-order chi connectivity index (χ0) is 20.4. The highest BCUT2D eigenvalue weighted by atomic mass is 19.3. The Morgan fingerprint density at radius 2 is 2.00 bits per heavy atom. The van der Waals surface area contributed by atoms with E-state index in [1.165, 1.54) is 18.3 Å². The molecule has 0 unspecified atom stereocenters. The molecule has 0 bridgehead atoms. The van der Waals surface area contributed by atoms with Crippen molar-refractivity contribution in [1.82, 2.24) is 20.1 Å². The van der Waals surface area contributed by atoms with Gasteiger partial charge in [-0.1, -0.05) is 0 Å². The van der Waals surface area contributed by atoms with Gasteiger partial charge in [0.2, 0.25) is 5.91 Å². The molecule has 9 heteroatoms. The van der Waals surface area contributed by atoms with Crippen LogP contribution in [-0.4, -0.2) is 79.5 Å². The molecule has 27 heavy (non-hydrogen) atoms. The molecule has 0 fully saturated rings. The lowest BCUT2D eigenvalue weighted by Gasteiger charge is -2.23. The number of nitrogens with one attached hydrogen (secondary N) is 1. The lowest BCUT2D eigenvalue weighted by molar-refractivity contribution is -0.130. The van der Waals surface area contributed by atoms with Gasteiger partial charge in [-0.25, -0.2) is 13.6 Å². The Hall–Kier alpha value is -2.13. The van der Waals surface area contributed by atoms with Crippen LogP contribution in [0.5, 0.6) is 0 Å². The molecule has 0 saturated carbocycles. The van der Waals surface area contributed by atoms with Crippen molar-refractivity contribution >= 4 is 11.9 Å². The van der Waals surface area contributed by atoms with Gasteiger partial charge in [0.25, 0.3) is 5.92 Å². The fraction of sp³-hybridized carbons (Fsp3) is 0.611. The first-order chi connectivity index (χ1) is 12.6. The van der Waals surface area contributed by atoms with E-state index in [0.717, 1.165) is 6.54 Å². The summed E-state index contributed by atoms with van der Waals surface area (Å²) in [6.07, 6.45) is 1.40. The van der Waals surface area contributed by atoms with Crippen LogP contribution in [0.4, 0.5) is 8.78 Å². The third kappa shape index (κ3) is 9.39. The maximum atomic E-state index is 12.8. The lowest BCUT2D eigenvalue weighted by atomic mass is 10.2. The monoisotopic (exact) mass is 386 g/mol. The number of likely N-dealkylation sites (N-methyl/N-ethyl adjacent to an activating group) is 2. The predicted octanol–water partition coefficient (Wildman–Crippen LogP) is 1.39. The summed E-state index contributed by atoms with van der Waals surface area (Å²) in [6, 6.07) is 2.85. The van der Waals surface area contributed by atoms with E-state index < -0.39 is 18.5 Å². The molecule has 0 aliphatic carbocycles. The number of carbonyl (C=O) groups is 2. The quantitative estimate of drug-likeness (QED) is 0.580. The van der Waals surface area contributed by atoms with Crippen LogP contribution in [0.15, 0.2) is 18.3 Å². The number of carbonyl (C=O) groups excluding carboxylic acids is 2. The molecule has 0 aromatic carbocycles. The molecular weight excluding hydrogens is 358 g/mol. The molecule has 152 valence electrons. The summed E-state index contributed by atoms with van der Waals surface area (Å²) in [4.78, 5) is 31.9. The molecule has 0 spiro atoms. The third-order valence-electron chi connectivity index (χ3n) is 3.64. The number of aromatic nitrogens is 1. The van der Waals surface area contributed by atoms with Crippen LogP contribution < -0.4 is 5.32 Å². The van der Waals surface area contributed by atoms with E-state index in [4.69, 9.17) is 0 Å². The van der Waals surface area contributed by atoms with Crippen LogP contribution in [0.25, 0.3) is 0 Å². The summed E-state index contributed by atoms with van der Waals surface area (Å²) in [5, 5.41) is 2.99. The number of halogens is 2. The molecule has 1 heterocycles. The molecule has 0 aliphatic heterocycles. The second kappa shape index (κ2) is 10.9. The average Bonchev–Trinajstić information content (AvgIpc) is 2.59. The summed E-state index contributed by atoms with van der Waals surface area (Å²) < 4.78 is 30.1. The molecule has 1 N–H and O–H groups in total. The van der Waals surface area contributed by atoms with E-state index in [1.54, 1.807) is 4.90 Å². The minimum atomic E-state index is -3.08. The van der Waals surface area contributed by atoms with Crippen molar-refractivity contribution in [2.45, 2.75) is 26.3 Å². The number of nitrogens with zero attached hydrogens (tertiary/aromatic N) is 3. The van der Waals surface area contributed by atoms with E-state index >= 15 is 0 Å². The number of amides is 1. The first-order valence-electron chi connectivity index (χ1n) is 8.75. The minimum absolute atomic E-state index is 0.0277. The second-order valence-corrected chi connectivity index (χ2v) is 6.56. The van der Waals surface area contributed by atoms with Crippen LogP contribution in [-0.2, 0) is 16.1 Å². The predicted molar refractivity (Wildman–Crippen MR) is 97.7 cm³/mol. The maximum Gasteiger partial charge on any atom is 0.338 e. The molecule has 1 aromatic heterocycles. The van der Waals surface area contributed by atoms with E-state index in [1.807, 2.05) is 25.9 Å². The van der Waals surface area contributed by atoms with E-state index in [-0.39, 0.29) is 24.6 Å². The van der Waals surface area contributed by atoms with Crippen molar-refractivity contribution in [3.63, 3.8) is 0 Å². The Balaban J connectivity index is 2.51. The van der Waals surface area contributed by atoms with Crippen LogP contribution >= 0.6 is 0 Å². The Bertz CT molecular complexity index is 621. The number of ether oxygens (including phenoxy) is 1. The second-order valence-electron chi connectivity index (χ2n) is 6.56. The van der Waals surface area contributed by atoms with E-state index in [2.05, 4.69) is 15.0 Å². The van der Waals surface area contributed by atoms with Crippen LogP contribution in [0.2, 0.25) is 0 Å². The highest BCUT2D eigenvalue weighted by molar-refractivity contribution is 5.89. The highest BCUT2D eigenvalue weighted by Gasteiger charge is 2.24. The molecular formula is C18H28F2N4O3. The first kappa shape index (κ1) is 22.9. The topological polar surface area (TPSA) is 74.8 Å². The zero-order valence-corrected chi connectivity index (χ0v) is 16.3. The van der Waals surface area contributed by atoms with E-state index in [0.29, 0.717) is 25.7 Å². The SMILES string of the molecule is CCN(CCN(C)C)C(=O)CNCc1cc(C(=O)OCC(C)(F)F)ccn1. The van der Waals surface area contributed by atoms with Crippen molar-refractivity contribution in [3.8, 4) is 0 Å². The van der Waals surface area contributed by atoms with Gasteiger partial charge in [-0.05, 0) is 33.2 Å². The van der Waals surface area contributed by atoms with Crippen LogP contribution in [0, 0.1) is 0 Å². The van der Waals surface area contributed by atoms with Gasteiger partial charge in [-0.15, -0.1) is 0 Å². The number of esters is 1. The number of alkyl halides is 2. The smallest absolute Gasteiger partial charge is 0.338 e. The molecule has 0 saturated heterocycles. The van der Waals surface area contributed by atoms with Gasteiger partial charge in [0, 0.05) is 39.3 Å². The number of hydrogen-bond donors (Lipinski definition) is 1. The maximum absolute atomic E-state index is 12.8. The average molecular weight is 386 g/mol. The summed E-state index contributed by atoms with van der Waals surface area (Å²) in [5.41, 5.74) is 0.649. The minimum Gasteiger partial charge on any atom is -0.456 e. The van der Waals surface area contributed by atoms with Crippen LogP contribution in [0.3, 0.4) is 0 Å². The summed E-state index contributed by atoms with van der Waals surface area (Å²) in [6.45, 7) is 4.07. The van der Waals surface area contributed by atoms with Crippen molar-refractivity contribution in [1.29, 1.82) is 0 Å². The van der Waals surface area contributed by atoms with Gasteiger partial charge in [-0.2, -0.15) is 0 Å². The lowest BCUT2D eigenvalue weighted by Crippen LogP contribution is -2.41. The Morgan fingerprint density at radius 3 is 2.59 bits per heavy atom. The van der Waals surface area contributed by atoms with Gasteiger partial charge in [0.15, 0.2) is 6.61 Å². The van der Waals surface area contributed by atoms with Crippen LogP contribution in [0.1, 0.15) is 29.9 Å². The van der Waals surface area contributed by atoms with Crippen molar-refractivity contribution in [2.75, 3.05) is 46.9 Å². The molecule has 1 amide bonds. The van der Waals surface area contributed by atoms with E-state index in [9.17, 15) is 18.4 Å². The van der Waals surface area contributed by atoms with Gasteiger partial charge in [0.1, 0.15) is 0 Å². The van der Waals surface area contributed by atoms with Gasteiger partial charge in [-0.3, -0.25) is 9.78 Å². The van der Waals surface area contributed by atoms with Crippen molar-refractivity contribution in [2.24, 2.45) is 0 Å². The molecule has 7 nitrogen and oxygen atoms in total. The largest absolute Gasteiger partial charge is 0.456 e. The standard InChI is InChI=1S/C18H28F2N4O3/c1-5-24(9-8-23(3)4)16(25)12-21-11-15-10-14(6-7-22-15)17(26)27-13-18(2,19)20/h6-7,10,21H,5,8-9,11-13H2,1-4H3. The fourth-order valence-corrected chi connectivity index (χ4v) is 2.17. The Labute approximate surface area is 158 Å². The normalized spacial score (nSPS) is 11.5. The summed E-state index contributed by atoms with van der Waals surface area (Å²) in [7, 11) is 3.89. The van der Waals surface area contributed by atoms with Crippen molar-refractivity contribution in [3.05, 3.63) is 29.6 Å². The summed E-state index contributed by atoms with van der Waals surface area (Å²) in [5.74, 6) is -3.94. The van der Waals surface area contributed by atoms with Gasteiger partial charge < -0.3 is 19.9 Å². The van der Waals surface area contributed by atoms with Gasteiger partial charge >= 0.3 is 5.97 Å².